The fourth-order valence-corrected chi connectivity index (χ4v) is 4.68. The number of rotatable bonds is 10. The Morgan fingerprint density at radius 1 is 1.18 bits per heavy atom. The molecule has 0 bridgehead atoms. The summed E-state index contributed by atoms with van der Waals surface area (Å²) in [5.41, 5.74) is 2.33. The Bertz CT molecular complexity index is 1150. The number of ether oxygens (including phenoxy) is 2. The van der Waals surface area contributed by atoms with Gasteiger partial charge in [-0.15, -0.1) is 0 Å². The summed E-state index contributed by atoms with van der Waals surface area (Å²) in [4.78, 5) is 38.5. The molecule has 0 radical (unpaired) electrons. The first-order chi connectivity index (χ1) is 18.2. The number of cyclic esters (lactones) is 1. The molecule has 2 heterocycles. The second kappa shape index (κ2) is 12.6. The van der Waals surface area contributed by atoms with E-state index in [1.165, 1.54) is 11.0 Å². The van der Waals surface area contributed by atoms with Gasteiger partial charge >= 0.3 is 12.0 Å². The highest BCUT2D eigenvalue weighted by atomic mass is 19.1. The summed E-state index contributed by atoms with van der Waals surface area (Å²) in [6.45, 7) is 5.65. The highest BCUT2D eigenvalue weighted by Gasteiger charge is 2.35. The van der Waals surface area contributed by atoms with Crippen LogP contribution in [0.5, 0.6) is 0 Å². The van der Waals surface area contributed by atoms with Gasteiger partial charge < -0.3 is 25.1 Å². The first-order valence-electron chi connectivity index (χ1n) is 13.0. The van der Waals surface area contributed by atoms with Crippen molar-refractivity contribution in [3.63, 3.8) is 0 Å². The van der Waals surface area contributed by atoms with Crippen molar-refractivity contribution in [2.75, 3.05) is 37.7 Å². The Morgan fingerprint density at radius 3 is 2.61 bits per heavy atom. The summed E-state index contributed by atoms with van der Waals surface area (Å²) in [6, 6.07) is 11.7. The smallest absolute Gasteiger partial charge is 0.414 e. The van der Waals surface area contributed by atoms with Crippen LogP contribution in [0.25, 0.3) is 0 Å². The van der Waals surface area contributed by atoms with Gasteiger partial charge in [0.15, 0.2) is 11.9 Å². The predicted octanol–water partition coefficient (Wildman–Crippen LogP) is 2.58. The summed E-state index contributed by atoms with van der Waals surface area (Å²) in [5.74, 6) is -0.883. The molecule has 2 fully saturated rings. The number of Topliss-reactive ketones (excluding diaryl/α,β-unsaturated/α-hetero) is 1. The quantitative estimate of drug-likeness (QED) is 0.361. The molecule has 38 heavy (non-hydrogen) atoms. The van der Waals surface area contributed by atoms with E-state index in [1.54, 1.807) is 24.3 Å². The average Bonchev–Trinajstić information content (AvgIpc) is 3.27. The molecular formula is C28H34FN3O6. The highest BCUT2D eigenvalue weighted by molar-refractivity contribution is 5.97. The predicted molar refractivity (Wildman–Crippen MR) is 138 cm³/mol. The Hall–Kier alpha value is -3.18. The second-order valence-electron chi connectivity index (χ2n) is 10.2. The van der Waals surface area contributed by atoms with E-state index in [0.717, 1.165) is 12.0 Å². The van der Waals surface area contributed by atoms with Gasteiger partial charge in [0.05, 0.1) is 31.4 Å². The lowest BCUT2D eigenvalue weighted by Crippen LogP contribution is -3.11. The lowest BCUT2D eigenvalue weighted by molar-refractivity contribution is -0.769. The van der Waals surface area contributed by atoms with Gasteiger partial charge in [-0.25, -0.2) is 14.0 Å². The van der Waals surface area contributed by atoms with E-state index in [0.29, 0.717) is 42.4 Å². The number of hydrogen-bond acceptors (Lipinski definition) is 7. The van der Waals surface area contributed by atoms with Crippen molar-refractivity contribution in [3.05, 3.63) is 70.2 Å². The second-order valence-corrected chi connectivity index (χ2v) is 10.2. The number of hydrogen-bond donors (Lipinski definition) is 2. The number of carbonyl (C=O) groups is 3. The van der Waals surface area contributed by atoms with Gasteiger partial charge in [-0.3, -0.25) is 9.69 Å². The van der Waals surface area contributed by atoms with Crippen molar-refractivity contribution in [2.45, 2.75) is 45.3 Å². The number of hydroxylamine groups is 2. The number of ketones is 1. The molecule has 0 aliphatic carbocycles. The van der Waals surface area contributed by atoms with E-state index in [-0.39, 0.29) is 31.7 Å². The number of benzene rings is 2. The Labute approximate surface area is 221 Å². The number of nitrogens with zero attached hydrogens (tertiary/aromatic N) is 1. The van der Waals surface area contributed by atoms with Crippen LogP contribution in [0.4, 0.5) is 14.9 Å². The van der Waals surface area contributed by atoms with Crippen LogP contribution in [0.3, 0.4) is 0 Å². The van der Waals surface area contributed by atoms with Crippen molar-refractivity contribution in [1.82, 2.24) is 5.32 Å². The third-order valence-electron chi connectivity index (χ3n) is 6.67. The minimum atomic E-state index is -0.836. The number of amides is 2. The third kappa shape index (κ3) is 7.02. The fraction of sp³-hybridized carbons (Fsp3) is 0.464. The Balaban J connectivity index is 1.26. The van der Waals surface area contributed by atoms with Gasteiger partial charge in [-0.2, -0.15) is 0 Å². The summed E-state index contributed by atoms with van der Waals surface area (Å²) in [6.07, 6.45) is -1.32. The number of halogens is 1. The molecule has 2 amide bonds. The van der Waals surface area contributed by atoms with Crippen LogP contribution in [0.1, 0.15) is 54.3 Å². The lowest BCUT2D eigenvalue weighted by atomic mass is 9.99. The summed E-state index contributed by atoms with van der Waals surface area (Å²) in [5, 5.41) is 14.9. The van der Waals surface area contributed by atoms with Crippen molar-refractivity contribution < 1.29 is 33.3 Å². The van der Waals surface area contributed by atoms with Gasteiger partial charge in [-0.1, -0.05) is 44.2 Å². The number of anilines is 1. The average molecular weight is 528 g/mol. The molecule has 2 aliphatic rings. The minimum Gasteiger partial charge on any atom is -0.627 e. The van der Waals surface area contributed by atoms with E-state index in [9.17, 15) is 24.0 Å². The third-order valence-corrected chi connectivity index (χ3v) is 6.67. The number of carbonyl (C=O) groups excluding carboxylic acids is 3. The molecule has 4 rings (SSSR count). The molecule has 9 nitrogen and oxygen atoms in total. The Morgan fingerprint density at radius 2 is 1.95 bits per heavy atom. The zero-order valence-corrected chi connectivity index (χ0v) is 21.7. The van der Waals surface area contributed by atoms with Crippen molar-refractivity contribution >= 4 is 23.5 Å². The molecule has 3 atom stereocenters. The van der Waals surface area contributed by atoms with Crippen molar-refractivity contribution in [1.29, 1.82) is 0 Å². The van der Waals surface area contributed by atoms with E-state index in [2.05, 4.69) is 19.2 Å². The van der Waals surface area contributed by atoms with E-state index in [1.807, 2.05) is 12.1 Å². The maximum atomic E-state index is 14.8. The first-order valence-corrected chi connectivity index (χ1v) is 13.0. The molecule has 2 aliphatic heterocycles. The van der Waals surface area contributed by atoms with E-state index in [4.69, 9.17) is 9.47 Å². The van der Waals surface area contributed by atoms with Crippen molar-refractivity contribution in [3.8, 4) is 0 Å². The normalized spacial score (nSPS) is 20.4. The maximum absolute atomic E-state index is 14.8. The van der Waals surface area contributed by atoms with Gasteiger partial charge in [0.1, 0.15) is 12.4 Å². The molecule has 0 saturated carbocycles. The maximum Gasteiger partial charge on any atom is 0.414 e. The van der Waals surface area contributed by atoms with Crippen LogP contribution in [0.2, 0.25) is 0 Å². The van der Waals surface area contributed by atoms with E-state index < -0.39 is 35.1 Å². The van der Waals surface area contributed by atoms with Crippen LogP contribution in [-0.2, 0) is 20.7 Å². The lowest BCUT2D eigenvalue weighted by Gasteiger charge is -2.25. The van der Waals surface area contributed by atoms with Crippen LogP contribution in [0.15, 0.2) is 42.5 Å². The van der Waals surface area contributed by atoms with Crippen LogP contribution in [-0.4, -0.2) is 56.7 Å². The number of morpholine rings is 1. The molecule has 0 spiro atoms. The standard InChI is InChI=1S/C28H34FN3O6/c1-18(2)13-19-3-5-20(6-4-19)25(33)9-10-27(34)32(36)17-22-16-31(28(35)38-22)21-7-8-23(24(29)14-21)26-15-30-11-12-37-26/h3-8,14,18,22,26,30,32H,9-13,15-17H2,1-2H3. The molecule has 0 aromatic heterocycles. The monoisotopic (exact) mass is 527 g/mol. The zero-order chi connectivity index (χ0) is 27.2. The summed E-state index contributed by atoms with van der Waals surface area (Å²) in [7, 11) is 0. The molecule has 2 aromatic carbocycles. The largest absolute Gasteiger partial charge is 0.627 e. The Kier molecular flexibility index (Phi) is 9.22. The van der Waals surface area contributed by atoms with Gasteiger partial charge in [-0.05, 0) is 30.0 Å². The van der Waals surface area contributed by atoms with Crippen LogP contribution < -0.4 is 15.3 Å². The number of quaternary nitrogens is 1. The topological polar surface area (TPSA) is 112 Å². The molecule has 204 valence electrons. The van der Waals surface area contributed by atoms with Gasteiger partial charge in [0, 0.05) is 30.6 Å². The molecule has 3 unspecified atom stereocenters. The summed E-state index contributed by atoms with van der Waals surface area (Å²) < 4.78 is 25.6. The van der Waals surface area contributed by atoms with Gasteiger partial charge in [0.25, 0.3) is 0 Å². The zero-order valence-electron chi connectivity index (χ0n) is 21.7. The van der Waals surface area contributed by atoms with Crippen LogP contribution in [0, 0.1) is 16.9 Å². The number of nitrogens with one attached hydrogen (secondary N) is 2. The summed E-state index contributed by atoms with van der Waals surface area (Å²) >= 11 is 0. The van der Waals surface area contributed by atoms with E-state index >= 15 is 0 Å². The first kappa shape index (κ1) is 27.8. The molecule has 2 aromatic rings. The minimum absolute atomic E-state index is 0.0137. The fourth-order valence-electron chi connectivity index (χ4n) is 4.68. The highest BCUT2D eigenvalue weighted by Crippen LogP contribution is 2.28. The SMILES string of the molecule is CC(C)Cc1ccc(C(=O)CCC(=O)[NH+]([O-])CC2CN(c3ccc(C4CNCCO4)c(F)c3)C(=O)O2)cc1. The molecular weight excluding hydrogens is 493 g/mol. The molecule has 10 heteroatoms. The van der Waals surface area contributed by atoms with Crippen molar-refractivity contribution in [2.24, 2.45) is 5.92 Å². The van der Waals surface area contributed by atoms with Crippen LogP contribution >= 0.6 is 0 Å². The molecule has 2 N–H and O–H groups in total. The molecule has 2 saturated heterocycles. The van der Waals surface area contributed by atoms with Gasteiger partial charge in [0.2, 0.25) is 0 Å².